The number of hydrogen-bond donors (Lipinski definition) is 0. The first kappa shape index (κ1) is 19.7. The van der Waals surface area contributed by atoms with E-state index in [0.717, 1.165) is 11.6 Å². The number of rotatable bonds is 7. The summed E-state index contributed by atoms with van der Waals surface area (Å²) in [5, 5.41) is 0.00398. The molecule has 26 heavy (non-hydrogen) atoms. The number of carbonyl (C=O) groups is 2. The Morgan fingerprint density at radius 3 is 2.38 bits per heavy atom. The maximum Gasteiger partial charge on any atom is 0.311 e. The van der Waals surface area contributed by atoms with Crippen molar-refractivity contribution in [3.8, 4) is 17.2 Å². The molecule has 0 aliphatic heterocycles. The number of ether oxygens (including phenoxy) is 3. The zero-order valence-electron chi connectivity index (χ0n) is 14.4. The third-order valence-corrected chi connectivity index (χ3v) is 3.74. The highest BCUT2D eigenvalue weighted by molar-refractivity contribution is 6.32. The molecular weight excluding hydrogens is 363 g/mol. The summed E-state index contributed by atoms with van der Waals surface area (Å²) >= 11 is 5.79. The van der Waals surface area contributed by atoms with Gasteiger partial charge in [-0.15, -0.1) is 0 Å². The molecular formula is C19H18ClFO5. The lowest BCUT2D eigenvalue weighted by molar-refractivity contribution is -0.136. The Bertz CT molecular complexity index is 786. The number of hydrogen-bond acceptors (Lipinski definition) is 5. The van der Waals surface area contributed by atoms with Crippen molar-refractivity contribution >= 4 is 23.5 Å². The molecule has 7 heteroatoms. The SMILES string of the molecule is COc1ccc(C)cc1OC(=O)CCCC(=O)Oc1c(F)cccc1Cl. The van der Waals surface area contributed by atoms with Crippen LogP contribution in [0.4, 0.5) is 4.39 Å². The molecule has 0 radical (unpaired) electrons. The number of para-hydroxylation sites is 1. The van der Waals surface area contributed by atoms with E-state index >= 15 is 0 Å². The summed E-state index contributed by atoms with van der Waals surface area (Å²) in [5.74, 6) is -1.47. The fourth-order valence-corrected chi connectivity index (χ4v) is 2.36. The van der Waals surface area contributed by atoms with E-state index in [1.165, 1.54) is 19.2 Å². The van der Waals surface area contributed by atoms with Gasteiger partial charge in [-0.2, -0.15) is 0 Å². The van der Waals surface area contributed by atoms with Crippen LogP contribution in [-0.2, 0) is 9.59 Å². The molecule has 0 amide bonds. The fourth-order valence-electron chi connectivity index (χ4n) is 2.16. The first-order valence-corrected chi connectivity index (χ1v) is 8.28. The average Bonchev–Trinajstić information content (AvgIpc) is 2.58. The van der Waals surface area contributed by atoms with Crippen molar-refractivity contribution in [2.24, 2.45) is 0 Å². The second-order valence-corrected chi connectivity index (χ2v) is 5.91. The van der Waals surface area contributed by atoms with Crippen molar-refractivity contribution < 1.29 is 28.2 Å². The molecule has 0 atom stereocenters. The van der Waals surface area contributed by atoms with Gasteiger partial charge in [0.1, 0.15) is 0 Å². The summed E-state index contributed by atoms with van der Waals surface area (Å²) in [5.41, 5.74) is 0.916. The number of esters is 2. The minimum absolute atomic E-state index is 0.00278. The Morgan fingerprint density at radius 1 is 1.04 bits per heavy atom. The zero-order valence-corrected chi connectivity index (χ0v) is 15.1. The van der Waals surface area contributed by atoms with E-state index in [2.05, 4.69) is 0 Å². The van der Waals surface area contributed by atoms with E-state index in [9.17, 15) is 14.0 Å². The molecule has 0 aromatic heterocycles. The molecule has 0 N–H and O–H groups in total. The van der Waals surface area contributed by atoms with E-state index in [4.69, 9.17) is 25.8 Å². The molecule has 0 fully saturated rings. The number of methoxy groups -OCH3 is 1. The minimum atomic E-state index is -0.725. The van der Waals surface area contributed by atoms with Crippen LogP contribution in [0, 0.1) is 12.7 Å². The molecule has 0 saturated heterocycles. The lowest BCUT2D eigenvalue weighted by atomic mass is 10.2. The molecule has 2 rings (SSSR count). The molecule has 0 unspecified atom stereocenters. The second kappa shape index (κ2) is 9.20. The van der Waals surface area contributed by atoms with Crippen molar-refractivity contribution in [1.29, 1.82) is 0 Å². The third kappa shape index (κ3) is 5.46. The lowest BCUT2D eigenvalue weighted by Gasteiger charge is -2.10. The zero-order chi connectivity index (χ0) is 19.1. The van der Waals surface area contributed by atoms with Crippen LogP contribution in [0.3, 0.4) is 0 Å². The fraction of sp³-hybridized carbons (Fsp3) is 0.263. The Labute approximate surface area is 155 Å². The van der Waals surface area contributed by atoms with Gasteiger partial charge in [-0.05, 0) is 43.2 Å². The van der Waals surface area contributed by atoms with Gasteiger partial charge in [0.05, 0.1) is 12.1 Å². The van der Waals surface area contributed by atoms with Crippen LogP contribution in [-0.4, -0.2) is 19.0 Å². The summed E-state index contributed by atoms with van der Waals surface area (Å²) in [6.07, 6.45) is 0.111. The highest BCUT2D eigenvalue weighted by Crippen LogP contribution is 2.29. The molecule has 0 heterocycles. The van der Waals surface area contributed by atoms with Crippen LogP contribution < -0.4 is 14.2 Å². The second-order valence-electron chi connectivity index (χ2n) is 5.51. The van der Waals surface area contributed by atoms with Crippen molar-refractivity contribution in [2.45, 2.75) is 26.2 Å². The van der Waals surface area contributed by atoms with Crippen molar-refractivity contribution in [1.82, 2.24) is 0 Å². The van der Waals surface area contributed by atoms with Crippen LogP contribution >= 0.6 is 11.6 Å². The van der Waals surface area contributed by atoms with Crippen LogP contribution in [0.2, 0.25) is 5.02 Å². The van der Waals surface area contributed by atoms with Gasteiger partial charge < -0.3 is 14.2 Å². The van der Waals surface area contributed by atoms with Crippen LogP contribution in [0.25, 0.3) is 0 Å². The van der Waals surface area contributed by atoms with Gasteiger partial charge >= 0.3 is 11.9 Å². The average molecular weight is 381 g/mol. The predicted molar refractivity (Wildman–Crippen MR) is 94.3 cm³/mol. The molecule has 5 nitrogen and oxygen atoms in total. The van der Waals surface area contributed by atoms with Gasteiger partial charge in [0.15, 0.2) is 23.1 Å². The summed E-state index contributed by atoms with van der Waals surface area (Å²) in [6, 6.07) is 9.18. The molecule has 0 aliphatic carbocycles. The van der Waals surface area contributed by atoms with Gasteiger partial charge in [-0.3, -0.25) is 9.59 Å². The number of benzene rings is 2. The van der Waals surface area contributed by atoms with E-state index < -0.39 is 17.8 Å². The van der Waals surface area contributed by atoms with Crippen molar-refractivity contribution in [2.75, 3.05) is 7.11 Å². The van der Waals surface area contributed by atoms with Gasteiger partial charge in [0.25, 0.3) is 0 Å². The summed E-state index contributed by atoms with van der Waals surface area (Å²) in [7, 11) is 1.48. The third-order valence-electron chi connectivity index (χ3n) is 3.44. The molecule has 0 saturated carbocycles. The summed E-state index contributed by atoms with van der Waals surface area (Å²) in [4.78, 5) is 23.7. The maximum atomic E-state index is 13.6. The highest BCUT2D eigenvalue weighted by Gasteiger charge is 2.15. The Morgan fingerprint density at radius 2 is 1.73 bits per heavy atom. The first-order chi connectivity index (χ1) is 12.4. The van der Waals surface area contributed by atoms with E-state index in [1.807, 2.05) is 13.0 Å². The van der Waals surface area contributed by atoms with Crippen molar-refractivity contribution in [3.05, 3.63) is 52.8 Å². The van der Waals surface area contributed by atoms with Crippen LogP contribution in [0.15, 0.2) is 36.4 Å². The molecule has 2 aromatic rings. The smallest absolute Gasteiger partial charge is 0.311 e. The Kier molecular flexibility index (Phi) is 6.97. The van der Waals surface area contributed by atoms with Crippen LogP contribution in [0.1, 0.15) is 24.8 Å². The van der Waals surface area contributed by atoms with Gasteiger partial charge in [0.2, 0.25) is 0 Å². The quantitative estimate of drug-likeness (QED) is 0.523. The topological polar surface area (TPSA) is 61.8 Å². The Balaban J connectivity index is 1.83. The number of halogens is 2. The van der Waals surface area contributed by atoms with Gasteiger partial charge in [-0.25, -0.2) is 4.39 Å². The number of carbonyl (C=O) groups excluding carboxylic acids is 2. The van der Waals surface area contributed by atoms with Gasteiger partial charge in [-0.1, -0.05) is 23.7 Å². The summed E-state index contributed by atoms with van der Waals surface area (Å²) < 4.78 is 28.9. The Hall–Kier alpha value is -2.60. The first-order valence-electron chi connectivity index (χ1n) is 7.90. The number of aryl methyl sites for hydroxylation is 1. The monoisotopic (exact) mass is 380 g/mol. The standard InChI is InChI=1S/C19H18ClFO5/c1-12-9-10-15(24-2)16(11-12)25-17(22)7-4-8-18(23)26-19-13(20)5-3-6-14(19)21/h3,5-6,9-11H,4,7-8H2,1-2H3. The molecule has 0 aliphatic rings. The minimum Gasteiger partial charge on any atom is -0.493 e. The maximum absolute atomic E-state index is 13.6. The largest absolute Gasteiger partial charge is 0.493 e. The summed E-state index contributed by atoms with van der Waals surface area (Å²) in [6.45, 7) is 1.86. The van der Waals surface area contributed by atoms with Gasteiger partial charge in [0, 0.05) is 12.8 Å². The molecule has 0 spiro atoms. The van der Waals surface area contributed by atoms with E-state index in [0.29, 0.717) is 11.5 Å². The van der Waals surface area contributed by atoms with E-state index in [-0.39, 0.29) is 30.0 Å². The predicted octanol–water partition coefficient (Wildman–Crippen LogP) is 4.48. The lowest BCUT2D eigenvalue weighted by Crippen LogP contribution is -2.12. The van der Waals surface area contributed by atoms with Crippen molar-refractivity contribution in [3.63, 3.8) is 0 Å². The normalized spacial score (nSPS) is 10.3. The molecule has 138 valence electrons. The highest BCUT2D eigenvalue weighted by atomic mass is 35.5. The van der Waals surface area contributed by atoms with Crippen LogP contribution in [0.5, 0.6) is 17.2 Å². The molecule has 2 aromatic carbocycles. The van der Waals surface area contributed by atoms with E-state index in [1.54, 1.807) is 12.1 Å². The molecule has 0 bridgehead atoms.